The van der Waals surface area contributed by atoms with E-state index in [0.717, 1.165) is 0 Å². The third kappa shape index (κ3) is 1.51. The molecule has 2 N–H and O–H groups in total. The third-order valence-electron chi connectivity index (χ3n) is 1.28. The average molecular weight is 251 g/mol. The van der Waals surface area contributed by atoms with Crippen LogP contribution in [0.5, 0.6) is 0 Å². The largest absolute Gasteiger partial charge is 0.397 e. The van der Waals surface area contributed by atoms with Gasteiger partial charge in [0.05, 0.1) is 15.1 Å². The highest BCUT2D eigenvalue weighted by molar-refractivity contribution is 9.10. The van der Waals surface area contributed by atoms with Crippen molar-refractivity contribution in [2.24, 2.45) is 0 Å². The van der Waals surface area contributed by atoms with Gasteiger partial charge in [0, 0.05) is 0 Å². The Balaban J connectivity index is 3.43. The summed E-state index contributed by atoms with van der Waals surface area (Å²) in [5.41, 5.74) is 5.37. The lowest BCUT2D eigenvalue weighted by Crippen LogP contribution is -1.94. The van der Waals surface area contributed by atoms with E-state index in [2.05, 4.69) is 15.9 Å². The van der Waals surface area contributed by atoms with E-state index in [4.69, 9.17) is 17.3 Å². The Morgan fingerprint density at radius 2 is 2.17 bits per heavy atom. The van der Waals surface area contributed by atoms with E-state index in [1.807, 2.05) is 0 Å². The number of nitro benzene ring substituents is 1. The van der Waals surface area contributed by atoms with Crippen molar-refractivity contribution in [3.05, 3.63) is 31.7 Å². The predicted octanol–water partition coefficient (Wildman–Crippen LogP) is 2.59. The summed E-state index contributed by atoms with van der Waals surface area (Å²) in [6.45, 7) is 0. The van der Waals surface area contributed by atoms with Crippen LogP contribution < -0.4 is 5.73 Å². The second-order valence-electron chi connectivity index (χ2n) is 2.06. The predicted molar refractivity (Wildman–Crippen MR) is 50.2 cm³/mol. The molecule has 0 aliphatic rings. The molecule has 64 valence electrons. The summed E-state index contributed by atoms with van der Waals surface area (Å²) in [4.78, 5) is 9.85. The van der Waals surface area contributed by atoms with Crippen molar-refractivity contribution in [3.63, 3.8) is 0 Å². The zero-order valence-corrected chi connectivity index (χ0v) is 8.09. The first kappa shape index (κ1) is 9.28. The quantitative estimate of drug-likeness (QED) is 0.474. The van der Waals surface area contributed by atoms with Crippen LogP contribution in [-0.2, 0) is 0 Å². The highest BCUT2D eigenvalue weighted by Gasteiger charge is 2.18. The van der Waals surface area contributed by atoms with Crippen molar-refractivity contribution in [1.82, 2.24) is 0 Å². The molecule has 0 saturated carbocycles. The molecular weight excluding hydrogens is 247 g/mol. The summed E-state index contributed by atoms with van der Waals surface area (Å²) in [6, 6.07) is 2.98. The van der Waals surface area contributed by atoms with Crippen LogP contribution in [0, 0.1) is 10.1 Å². The molecule has 12 heavy (non-hydrogen) atoms. The van der Waals surface area contributed by atoms with Gasteiger partial charge in [0.1, 0.15) is 5.02 Å². The molecule has 0 spiro atoms. The smallest absolute Gasteiger partial charge is 0.304 e. The Bertz CT molecular complexity index is 343. The molecule has 0 aliphatic heterocycles. The number of benzene rings is 1. The SMILES string of the molecule is Nc1ccc(Br)c([N+](=O)[O-])c1Cl. The zero-order chi connectivity index (χ0) is 9.30. The van der Waals surface area contributed by atoms with E-state index in [-0.39, 0.29) is 16.4 Å². The van der Waals surface area contributed by atoms with Gasteiger partial charge < -0.3 is 5.73 Å². The molecule has 0 amide bonds. The van der Waals surface area contributed by atoms with Gasteiger partial charge in [-0.2, -0.15) is 0 Å². The molecule has 0 saturated heterocycles. The van der Waals surface area contributed by atoms with Crippen LogP contribution in [0.2, 0.25) is 5.02 Å². The van der Waals surface area contributed by atoms with Crippen molar-refractivity contribution in [2.75, 3.05) is 5.73 Å². The first-order chi connectivity index (χ1) is 5.54. The van der Waals surface area contributed by atoms with Gasteiger partial charge in [0.25, 0.3) is 0 Å². The number of nitrogens with zero attached hydrogens (tertiary/aromatic N) is 1. The van der Waals surface area contributed by atoms with Crippen LogP contribution in [-0.4, -0.2) is 4.92 Å². The van der Waals surface area contributed by atoms with Crippen LogP contribution in [0.4, 0.5) is 11.4 Å². The molecule has 0 aliphatic carbocycles. The van der Waals surface area contributed by atoms with Crippen LogP contribution in [0.15, 0.2) is 16.6 Å². The number of rotatable bonds is 1. The molecule has 1 aromatic rings. The monoisotopic (exact) mass is 250 g/mol. The molecular formula is C6H4BrClN2O2. The van der Waals surface area contributed by atoms with Crippen LogP contribution in [0.1, 0.15) is 0 Å². The highest BCUT2D eigenvalue weighted by atomic mass is 79.9. The van der Waals surface area contributed by atoms with Gasteiger partial charge in [-0.05, 0) is 28.1 Å². The Labute approximate surface area is 81.6 Å². The van der Waals surface area contributed by atoms with E-state index in [0.29, 0.717) is 4.47 Å². The number of anilines is 1. The van der Waals surface area contributed by atoms with E-state index < -0.39 is 4.92 Å². The van der Waals surface area contributed by atoms with E-state index in [1.54, 1.807) is 0 Å². The normalized spacial score (nSPS) is 9.83. The summed E-state index contributed by atoms with van der Waals surface area (Å²) < 4.78 is 0.326. The maximum atomic E-state index is 10.4. The molecule has 0 fully saturated rings. The molecule has 0 aromatic heterocycles. The lowest BCUT2D eigenvalue weighted by atomic mass is 10.3. The Morgan fingerprint density at radius 1 is 1.58 bits per heavy atom. The molecule has 0 unspecified atom stereocenters. The highest BCUT2D eigenvalue weighted by Crippen LogP contribution is 2.36. The Kier molecular flexibility index (Phi) is 2.54. The minimum absolute atomic E-state index is 0.0330. The second-order valence-corrected chi connectivity index (χ2v) is 3.29. The Hall–Kier alpha value is -0.810. The van der Waals surface area contributed by atoms with E-state index in [9.17, 15) is 10.1 Å². The molecule has 0 atom stereocenters. The van der Waals surface area contributed by atoms with Gasteiger partial charge in [0.15, 0.2) is 0 Å². The van der Waals surface area contributed by atoms with Crippen molar-refractivity contribution < 1.29 is 4.92 Å². The van der Waals surface area contributed by atoms with Crippen molar-refractivity contribution in [1.29, 1.82) is 0 Å². The summed E-state index contributed by atoms with van der Waals surface area (Å²) in [5.74, 6) is 0. The fourth-order valence-corrected chi connectivity index (χ4v) is 1.55. The third-order valence-corrected chi connectivity index (χ3v) is 2.32. The number of halogens is 2. The summed E-state index contributed by atoms with van der Waals surface area (Å²) in [6.07, 6.45) is 0. The Morgan fingerprint density at radius 3 is 2.58 bits per heavy atom. The van der Waals surface area contributed by atoms with Crippen LogP contribution in [0.25, 0.3) is 0 Å². The molecule has 4 nitrogen and oxygen atoms in total. The second kappa shape index (κ2) is 3.28. The zero-order valence-electron chi connectivity index (χ0n) is 5.75. The minimum atomic E-state index is -0.581. The molecule has 0 radical (unpaired) electrons. The fraction of sp³-hybridized carbons (Fsp3) is 0. The van der Waals surface area contributed by atoms with Gasteiger partial charge in [-0.15, -0.1) is 0 Å². The molecule has 6 heteroatoms. The van der Waals surface area contributed by atoms with Gasteiger partial charge >= 0.3 is 5.69 Å². The number of nitrogens with two attached hydrogens (primary N) is 1. The van der Waals surface area contributed by atoms with Crippen molar-refractivity contribution >= 4 is 38.9 Å². The number of nitro groups is 1. The van der Waals surface area contributed by atoms with E-state index in [1.165, 1.54) is 12.1 Å². The van der Waals surface area contributed by atoms with Crippen molar-refractivity contribution in [3.8, 4) is 0 Å². The average Bonchev–Trinajstić information content (AvgIpc) is 1.97. The molecule has 1 aromatic carbocycles. The topological polar surface area (TPSA) is 69.2 Å². The first-order valence-electron chi connectivity index (χ1n) is 2.92. The number of nitrogen functional groups attached to an aromatic ring is 1. The molecule has 1 rings (SSSR count). The van der Waals surface area contributed by atoms with Crippen LogP contribution >= 0.6 is 27.5 Å². The summed E-state index contributed by atoms with van der Waals surface area (Å²) in [5, 5.41) is 10.4. The first-order valence-corrected chi connectivity index (χ1v) is 4.09. The lowest BCUT2D eigenvalue weighted by molar-refractivity contribution is -0.385. The van der Waals surface area contributed by atoms with Gasteiger partial charge in [0.2, 0.25) is 0 Å². The number of hydrogen-bond donors (Lipinski definition) is 1. The van der Waals surface area contributed by atoms with Crippen LogP contribution in [0.3, 0.4) is 0 Å². The van der Waals surface area contributed by atoms with Gasteiger partial charge in [-0.3, -0.25) is 10.1 Å². The lowest BCUT2D eigenvalue weighted by Gasteiger charge is -2.00. The summed E-state index contributed by atoms with van der Waals surface area (Å²) in [7, 11) is 0. The standard InChI is InChI=1S/C6H4BrClN2O2/c7-3-1-2-4(9)5(8)6(3)10(11)12/h1-2H,9H2. The maximum Gasteiger partial charge on any atom is 0.304 e. The van der Waals surface area contributed by atoms with Gasteiger partial charge in [-0.25, -0.2) is 0 Å². The molecule has 0 bridgehead atoms. The number of hydrogen-bond acceptors (Lipinski definition) is 3. The van der Waals surface area contributed by atoms with Gasteiger partial charge in [-0.1, -0.05) is 11.6 Å². The van der Waals surface area contributed by atoms with Crippen molar-refractivity contribution in [2.45, 2.75) is 0 Å². The summed E-state index contributed by atoms with van der Waals surface area (Å²) >= 11 is 8.60. The fourth-order valence-electron chi connectivity index (χ4n) is 0.724. The molecule has 0 heterocycles. The van der Waals surface area contributed by atoms with E-state index >= 15 is 0 Å². The minimum Gasteiger partial charge on any atom is -0.397 e. The maximum absolute atomic E-state index is 10.4.